The van der Waals surface area contributed by atoms with E-state index in [0.717, 1.165) is 12.3 Å². The molecular weight excluding hydrogens is 178 g/mol. The van der Waals surface area contributed by atoms with Gasteiger partial charge in [0.2, 0.25) is 0 Å². The van der Waals surface area contributed by atoms with E-state index in [4.69, 9.17) is 4.43 Å². The third-order valence-electron chi connectivity index (χ3n) is 2.89. The van der Waals surface area contributed by atoms with E-state index in [1.54, 1.807) is 0 Å². The minimum absolute atomic E-state index is 0.769. The van der Waals surface area contributed by atoms with Crippen molar-refractivity contribution in [2.45, 2.75) is 44.3 Å². The summed E-state index contributed by atoms with van der Waals surface area (Å²) in [6.45, 7) is 3.30. The second-order valence-electron chi connectivity index (χ2n) is 4.22. The van der Waals surface area contributed by atoms with Gasteiger partial charge in [-0.1, -0.05) is 19.8 Å². The molecule has 0 saturated carbocycles. The van der Waals surface area contributed by atoms with Crippen LogP contribution in [-0.2, 0) is 4.43 Å². The molecular formula is C10H23NOSi. The molecule has 1 heterocycles. The van der Waals surface area contributed by atoms with Gasteiger partial charge in [-0.15, -0.1) is 0 Å². The van der Waals surface area contributed by atoms with Crippen LogP contribution in [0.25, 0.3) is 0 Å². The molecule has 13 heavy (non-hydrogen) atoms. The summed E-state index contributed by atoms with van der Waals surface area (Å²) in [5.41, 5.74) is 0.769. The van der Waals surface area contributed by atoms with Gasteiger partial charge in [-0.05, 0) is 33.0 Å². The van der Waals surface area contributed by atoms with Crippen molar-refractivity contribution in [3.63, 3.8) is 0 Å². The summed E-state index contributed by atoms with van der Waals surface area (Å²) in [6.07, 6.45) is 5.31. The standard InChI is InChI=1S/C10H23NOSi/c1-4-7-10(11(2)3)13-9-6-5-8-12-13/h10,13H,4-9H2,1-3H3. The molecule has 1 aliphatic rings. The Morgan fingerprint density at radius 3 is 2.62 bits per heavy atom. The van der Waals surface area contributed by atoms with E-state index in [2.05, 4.69) is 25.9 Å². The molecule has 0 aromatic heterocycles. The number of hydrogen-bond donors (Lipinski definition) is 0. The second-order valence-corrected chi connectivity index (χ2v) is 6.98. The van der Waals surface area contributed by atoms with Gasteiger partial charge in [-0.3, -0.25) is 0 Å². The van der Waals surface area contributed by atoms with Gasteiger partial charge in [0.25, 0.3) is 0 Å². The van der Waals surface area contributed by atoms with Crippen molar-refractivity contribution in [2.24, 2.45) is 0 Å². The van der Waals surface area contributed by atoms with Crippen molar-refractivity contribution in [1.29, 1.82) is 0 Å². The highest BCUT2D eigenvalue weighted by Gasteiger charge is 2.27. The van der Waals surface area contributed by atoms with E-state index < -0.39 is 9.04 Å². The predicted molar refractivity (Wildman–Crippen MR) is 59.5 cm³/mol. The monoisotopic (exact) mass is 201 g/mol. The summed E-state index contributed by atoms with van der Waals surface area (Å²) in [5.74, 6) is 0. The van der Waals surface area contributed by atoms with E-state index >= 15 is 0 Å². The predicted octanol–water partition coefficient (Wildman–Crippen LogP) is 1.79. The van der Waals surface area contributed by atoms with Crippen molar-refractivity contribution in [3.8, 4) is 0 Å². The van der Waals surface area contributed by atoms with E-state index in [0.29, 0.717) is 0 Å². The molecule has 0 N–H and O–H groups in total. The van der Waals surface area contributed by atoms with Crippen LogP contribution in [0.3, 0.4) is 0 Å². The molecule has 2 nitrogen and oxygen atoms in total. The van der Waals surface area contributed by atoms with Crippen LogP contribution in [0.5, 0.6) is 0 Å². The number of rotatable bonds is 4. The third kappa shape index (κ3) is 3.41. The first-order valence-electron chi connectivity index (χ1n) is 5.53. The summed E-state index contributed by atoms with van der Waals surface area (Å²) in [7, 11) is 3.51. The maximum Gasteiger partial charge on any atom is 0.193 e. The van der Waals surface area contributed by atoms with Gasteiger partial charge in [-0.25, -0.2) is 0 Å². The Bertz CT molecular complexity index is 135. The largest absolute Gasteiger partial charge is 0.418 e. The van der Waals surface area contributed by atoms with Gasteiger partial charge in [0, 0.05) is 12.3 Å². The molecule has 0 aromatic carbocycles. The zero-order valence-electron chi connectivity index (χ0n) is 9.25. The molecule has 1 aliphatic heterocycles. The molecule has 1 saturated heterocycles. The molecule has 78 valence electrons. The Morgan fingerprint density at radius 2 is 2.15 bits per heavy atom. The smallest absolute Gasteiger partial charge is 0.193 e. The van der Waals surface area contributed by atoms with Gasteiger partial charge < -0.3 is 9.33 Å². The molecule has 3 heteroatoms. The Balaban J connectivity index is 2.41. The summed E-state index contributed by atoms with van der Waals surface area (Å²) in [6, 6.07) is 1.39. The van der Waals surface area contributed by atoms with Crippen LogP contribution in [-0.4, -0.2) is 40.3 Å². The quantitative estimate of drug-likeness (QED) is 0.643. The normalized spacial score (nSPS) is 26.3. The van der Waals surface area contributed by atoms with Crippen LogP contribution in [0.15, 0.2) is 0 Å². The fourth-order valence-corrected chi connectivity index (χ4v) is 5.45. The Kier molecular flexibility index (Phi) is 4.99. The lowest BCUT2D eigenvalue weighted by Gasteiger charge is -2.33. The highest BCUT2D eigenvalue weighted by Crippen LogP contribution is 2.18. The Morgan fingerprint density at radius 1 is 1.38 bits per heavy atom. The molecule has 0 bridgehead atoms. The van der Waals surface area contributed by atoms with Crippen LogP contribution in [0.4, 0.5) is 0 Å². The summed E-state index contributed by atoms with van der Waals surface area (Å²) < 4.78 is 5.95. The molecule has 0 aromatic rings. The highest BCUT2D eigenvalue weighted by molar-refractivity contribution is 6.53. The van der Waals surface area contributed by atoms with Gasteiger partial charge in [0.15, 0.2) is 9.04 Å². The third-order valence-corrected chi connectivity index (χ3v) is 6.32. The van der Waals surface area contributed by atoms with E-state index in [1.807, 2.05) is 0 Å². The number of hydrogen-bond acceptors (Lipinski definition) is 2. The van der Waals surface area contributed by atoms with Crippen molar-refractivity contribution >= 4 is 9.04 Å². The fourth-order valence-electron chi connectivity index (χ4n) is 2.14. The molecule has 2 atom stereocenters. The van der Waals surface area contributed by atoms with Crippen LogP contribution in [0.2, 0.25) is 6.04 Å². The molecule has 0 aliphatic carbocycles. The average Bonchev–Trinajstić information content (AvgIpc) is 2.15. The maximum absolute atomic E-state index is 5.95. The Labute approximate surface area is 84.0 Å². The van der Waals surface area contributed by atoms with Gasteiger partial charge in [0.05, 0.1) is 0 Å². The topological polar surface area (TPSA) is 12.5 Å². The lowest BCUT2D eigenvalue weighted by molar-refractivity contribution is 0.241. The molecule has 0 spiro atoms. The zero-order chi connectivity index (χ0) is 9.68. The van der Waals surface area contributed by atoms with E-state index in [-0.39, 0.29) is 0 Å². The van der Waals surface area contributed by atoms with E-state index in [9.17, 15) is 0 Å². The molecule has 2 unspecified atom stereocenters. The summed E-state index contributed by atoms with van der Waals surface area (Å²) >= 11 is 0. The van der Waals surface area contributed by atoms with Crippen molar-refractivity contribution in [3.05, 3.63) is 0 Å². The average molecular weight is 201 g/mol. The number of nitrogens with zero attached hydrogens (tertiary/aromatic N) is 1. The van der Waals surface area contributed by atoms with Crippen LogP contribution in [0, 0.1) is 0 Å². The zero-order valence-corrected chi connectivity index (χ0v) is 10.4. The van der Waals surface area contributed by atoms with Crippen LogP contribution >= 0.6 is 0 Å². The van der Waals surface area contributed by atoms with Gasteiger partial charge in [0.1, 0.15) is 0 Å². The molecule has 0 amide bonds. The SMILES string of the molecule is CCCC(N(C)C)[SiH]1CCCCO1. The second kappa shape index (κ2) is 5.78. The summed E-state index contributed by atoms with van der Waals surface area (Å²) in [4.78, 5) is 2.38. The lowest BCUT2D eigenvalue weighted by atomic mass is 10.3. The minimum Gasteiger partial charge on any atom is -0.418 e. The molecule has 0 radical (unpaired) electrons. The van der Waals surface area contributed by atoms with Gasteiger partial charge in [-0.2, -0.15) is 0 Å². The maximum atomic E-state index is 5.95. The highest BCUT2D eigenvalue weighted by atomic mass is 28.3. The van der Waals surface area contributed by atoms with Crippen molar-refractivity contribution in [2.75, 3.05) is 20.7 Å². The van der Waals surface area contributed by atoms with Gasteiger partial charge >= 0.3 is 0 Å². The first-order chi connectivity index (χ1) is 6.25. The minimum atomic E-state index is -0.891. The van der Waals surface area contributed by atoms with Crippen molar-refractivity contribution < 1.29 is 4.43 Å². The van der Waals surface area contributed by atoms with E-state index in [1.165, 1.54) is 31.7 Å². The van der Waals surface area contributed by atoms with Crippen LogP contribution in [0.1, 0.15) is 32.6 Å². The lowest BCUT2D eigenvalue weighted by Crippen LogP contribution is -2.45. The van der Waals surface area contributed by atoms with Crippen LogP contribution < -0.4 is 0 Å². The molecule has 1 rings (SSSR count). The summed E-state index contributed by atoms with van der Waals surface area (Å²) in [5, 5.41) is 0. The molecule has 1 fully saturated rings. The Hall–Kier alpha value is 0.137. The first kappa shape index (κ1) is 11.2. The van der Waals surface area contributed by atoms with Crippen molar-refractivity contribution in [1.82, 2.24) is 4.90 Å². The first-order valence-corrected chi connectivity index (χ1v) is 7.49. The fraction of sp³-hybridized carbons (Fsp3) is 1.00.